The van der Waals surface area contributed by atoms with Gasteiger partial charge in [-0.25, -0.2) is 0 Å². The fourth-order valence-electron chi connectivity index (χ4n) is 1.77. The highest BCUT2D eigenvalue weighted by Gasteiger charge is 2.04. The lowest BCUT2D eigenvalue weighted by atomic mass is 10.1. The summed E-state index contributed by atoms with van der Waals surface area (Å²) in [5, 5.41) is 2.93. The third-order valence-electron chi connectivity index (χ3n) is 2.88. The average Bonchev–Trinajstić information content (AvgIpc) is 2.35. The van der Waals surface area contributed by atoms with E-state index in [4.69, 9.17) is 18.0 Å². The van der Waals surface area contributed by atoms with Gasteiger partial charge in [0, 0.05) is 12.1 Å². The van der Waals surface area contributed by atoms with Crippen LogP contribution >= 0.6 is 12.2 Å². The largest absolute Gasteiger partial charge is 0.389 e. The molecular formula is C15H22N2OS. The maximum Gasteiger partial charge on any atom is 0.224 e. The van der Waals surface area contributed by atoms with Crippen LogP contribution in [0.2, 0.25) is 0 Å². The SMILES string of the molecule is CC(C)CCCNC(=O)Cc1ccc(C(N)=S)cc1. The van der Waals surface area contributed by atoms with E-state index in [1.165, 1.54) is 0 Å². The van der Waals surface area contributed by atoms with Gasteiger partial charge in [0.05, 0.1) is 6.42 Å². The first-order valence-corrected chi connectivity index (χ1v) is 7.05. The number of nitrogens with two attached hydrogens (primary N) is 1. The van der Waals surface area contributed by atoms with Crippen molar-refractivity contribution < 1.29 is 4.79 Å². The van der Waals surface area contributed by atoms with E-state index in [1.54, 1.807) is 0 Å². The lowest BCUT2D eigenvalue weighted by molar-refractivity contribution is -0.120. The number of thiocarbonyl (C=S) groups is 1. The molecule has 0 bridgehead atoms. The molecule has 0 fully saturated rings. The molecule has 1 aromatic carbocycles. The molecular weight excluding hydrogens is 256 g/mol. The van der Waals surface area contributed by atoms with Crippen LogP contribution in [0.4, 0.5) is 0 Å². The van der Waals surface area contributed by atoms with E-state index in [-0.39, 0.29) is 5.91 Å². The van der Waals surface area contributed by atoms with Gasteiger partial charge in [-0.1, -0.05) is 50.3 Å². The third-order valence-corrected chi connectivity index (χ3v) is 3.12. The van der Waals surface area contributed by atoms with Gasteiger partial charge in [-0.15, -0.1) is 0 Å². The first kappa shape index (κ1) is 15.6. The molecule has 0 radical (unpaired) electrons. The highest BCUT2D eigenvalue weighted by Crippen LogP contribution is 2.05. The van der Waals surface area contributed by atoms with Crippen LogP contribution in [-0.2, 0) is 11.2 Å². The van der Waals surface area contributed by atoms with E-state index < -0.39 is 0 Å². The molecule has 0 aliphatic rings. The first-order valence-electron chi connectivity index (χ1n) is 6.64. The fraction of sp³-hybridized carbons (Fsp3) is 0.467. The van der Waals surface area contributed by atoms with E-state index in [9.17, 15) is 4.79 Å². The molecule has 3 nitrogen and oxygen atoms in total. The van der Waals surface area contributed by atoms with Crippen molar-refractivity contribution in [3.63, 3.8) is 0 Å². The molecule has 1 rings (SSSR count). The Hall–Kier alpha value is -1.42. The Labute approximate surface area is 120 Å². The zero-order valence-electron chi connectivity index (χ0n) is 11.6. The summed E-state index contributed by atoms with van der Waals surface area (Å²) in [6, 6.07) is 7.48. The van der Waals surface area contributed by atoms with Gasteiger partial charge in [-0.05, 0) is 24.3 Å². The zero-order valence-corrected chi connectivity index (χ0v) is 12.4. The molecule has 0 aliphatic carbocycles. The Morgan fingerprint density at radius 1 is 1.32 bits per heavy atom. The summed E-state index contributed by atoms with van der Waals surface area (Å²) in [5.41, 5.74) is 7.33. The molecule has 3 N–H and O–H groups in total. The molecule has 0 aromatic heterocycles. The average molecular weight is 278 g/mol. The molecule has 0 heterocycles. The van der Waals surface area contributed by atoms with Crippen molar-refractivity contribution in [3.05, 3.63) is 35.4 Å². The molecule has 19 heavy (non-hydrogen) atoms. The van der Waals surface area contributed by atoms with Gasteiger partial charge in [-0.3, -0.25) is 4.79 Å². The summed E-state index contributed by atoms with van der Waals surface area (Å²) >= 11 is 4.88. The number of nitrogens with one attached hydrogen (secondary N) is 1. The summed E-state index contributed by atoms with van der Waals surface area (Å²) in [4.78, 5) is 12.1. The zero-order chi connectivity index (χ0) is 14.3. The number of hydrogen-bond donors (Lipinski definition) is 2. The standard InChI is InChI=1S/C15H22N2OS/c1-11(2)4-3-9-17-14(18)10-12-5-7-13(8-6-12)15(16)19/h5-8,11H,3-4,9-10H2,1-2H3,(H2,16,19)(H,17,18). The predicted molar refractivity (Wildman–Crippen MR) is 83.1 cm³/mol. The van der Waals surface area contributed by atoms with E-state index in [0.29, 0.717) is 17.3 Å². The van der Waals surface area contributed by atoms with Crippen LogP contribution < -0.4 is 11.1 Å². The van der Waals surface area contributed by atoms with Gasteiger partial charge < -0.3 is 11.1 Å². The number of carbonyl (C=O) groups is 1. The highest BCUT2D eigenvalue weighted by molar-refractivity contribution is 7.80. The van der Waals surface area contributed by atoms with Crippen LogP contribution in [0.15, 0.2) is 24.3 Å². The van der Waals surface area contributed by atoms with Crippen molar-refractivity contribution in [2.75, 3.05) is 6.54 Å². The fourth-order valence-corrected chi connectivity index (χ4v) is 1.91. The quantitative estimate of drug-likeness (QED) is 0.595. The van der Waals surface area contributed by atoms with E-state index in [1.807, 2.05) is 24.3 Å². The van der Waals surface area contributed by atoms with Gasteiger partial charge in [-0.2, -0.15) is 0 Å². The van der Waals surface area contributed by atoms with Crippen molar-refractivity contribution >= 4 is 23.1 Å². The maximum atomic E-state index is 11.7. The second kappa shape index (κ2) is 7.89. The first-order chi connectivity index (χ1) is 8.99. The van der Waals surface area contributed by atoms with Crippen molar-refractivity contribution in [2.45, 2.75) is 33.1 Å². The lowest BCUT2D eigenvalue weighted by Crippen LogP contribution is -2.26. The topological polar surface area (TPSA) is 55.1 Å². The molecule has 0 atom stereocenters. The Bertz CT molecular complexity index is 426. The minimum atomic E-state index is 0.0619. The van der Waals surface area contributed by atoms with Crippen LogP contribution in [0.3, 0.4) is 0 Å². The molecule has 0 saturated carbocycles. The normalized spacial score (nSPS) is 10.5. The minimum absolute atomic E-state index is 0.0619. The molecule has 104 valence electrons. The van der Waals surface area contributed by atoms with Crippen LogP contribution in [0.5, 0.6) is 0 Å². The van der Waals surface area contributed by atoms with Gasteiger partial charge in [0.25, 0.3) is 0 Å². The van der Waals surface area contributed by atoms with Crippen LogP contribution in [0, 0.1) is 5.92 Å². The number of carbonyl (C=O) groups excluding carboxylic acids is 1. The molecule has 1 aromatic rings. The predicted octanol–water partition coefficient (Wildman–Crippen LogP) is 2.42. The van der Waals surface area contributed by atoms with E-state index in [0.717, 1.165) is 30.5 Å². The van der Waals surface area contributed by atoms with E-state index in [2.05, 4.69) is 19.2 Å². The van der Waals surface area contributed by atoms with Gasteiger partial charge >= 0.3 is 0 Å². The van der Waals surface area contributed by atoms with Crippen LogP contribution in [0.25, 0.3) is 0 Å². The van der Waals surface area contributed by atoms with Crippen molar-refractivity contribution in [1.82, 2.24) is 5.32 Å². The monoisotopic (exact) mass is 278 g/mol. The second-order valence-corrected chi connectivity index (χ2v) is 5.56. The number of amides is 1. The molecule has 0 spiro atoms. The number of hydrogen-bond acceptors (Lipinski definition) is 2. The van der Waals surface area contributed by atoms with Gasteiger partial charge in [0.15, 0.2) is 0 Å². The van der Waals surface area contributed by atoms with Crippen LogP contribution in [-0.4, -0.2) is 17.4 Å². The second-order valence-electron chi connectivity index (χ2n) is 5.12. The Morgan fingerprint density at radius 2 is 1.95 bits per heavy atom. The summed E-state index contributed by atoms with van der Waals surface area (Å²) in [6.07, 6.45) is 2.58. The third kappa shape index (κ3) is 6.34. The van der Waals surface area contributed by atoms with E-state index >= 15 is 0 Å². The minimum Gasteiger partial charge on any atom is -0.389 e. The summed E-state index contributed by atoms with van der Waals surface area (Å²) in [7, 11) is 0. The maximum absolute atomic E-state index is 11.7. The van der Waals surface area contributed by atoms with Crippen molar-refractivity contribution in [2.24, 2.45) is 11.7 Å². The summed E-state index contributed by atoms with van der Waals surface area (Å²) < 4.78 is 0. The number of benzene rings is 1. The Kier molecular flexibility index (Phi) is 6.50. The molecule has 0 saturated heterocycles. The summed E-state index contributed by atoms with van der Waals surface area (Å²) in [5.74, 6) is 0.747. The number of rotatable bonds is 7. The highest BCUT2D eigenvalue weighted by atomic mass is 32.1. The molecule has 1 amide bonds. The Balaban J connectivity index is 2.34. The molecule has 0 aliphatic heterocycles. The van der Waals surface area contributed by atoms with Crippen molar-refractivity contribution in [1.29, 1.82) is 0 Å². The lowest BCUT2D eigenvalue weighted by Gasteiger charge is -2.07. The molecule has 0 unspecified atom stereocenters. The smallest absolute Gasteiger partial charge is 0.224 e. The van der Waals surface area contributed by atoms with Crippen molar-refractivity contribution in [3.8, 4) is 0 Å². The van der Waals surface area contributed by atoms with Gasteiger partial charge in [0.1, 0.15) is 4.99 Å². The van der Waals surface area contributed by atoms with Crippen LogP contribution in [0.1, 0.15) is 37.8 Å². The molecule has 4 heteroatoms. The van der Waals surface area contributed by atoms with Gasteiger partial charge in [0.2, 0.25) is 5.91 Å². The Morgan fingerprint density at radius 3 is 2.47 bits per heavy atom. The summed E-state index contributed by atoms with van der Waals surface area (Å²) in [6.45, 7) is 5.12.